The van der Waals surface area contributed by atoms with E-state index in [1.54, 1.807) is 28.9 Å². The third kappa shape index (κ3) is 3.97. The van der Waals surface area contributed by atoms with Gasteiger partial charge in [0.05, 0.1) is 0 Å². The summed E-state index contributed by atoms with van der Waals surface area (Å²) in [7, 11) is 1.79. The number of rotatable bonds is 4. The zero-order valence-corrected chi connectivity index (χ0v) is 11.6. The summed E-state index contributed by atoms with van der Waals surface area (Å²) in [5.41, 5.74) is 0. The van der Waals surface area contributed by atoms with Crippen LogP contribution < -0.4 is 5.32 Å². The van der Waals surface area contributed by atoms with E-state index >= 15 is 0 Å². The first kappa shape index (κ1) is 14.4. The Kier molecular flexibility index (Phi) is 4.60. The number of piperidine rings is 1. The molecule has 7 nitrogen and oxygen atoms in total. The Bertz CT molecular complexity index is 486. The topological polar surface area (TPSA) is 87.5 Å². The zero-order valence-electron chi connectivity index (χ0n) is 11.6. The Hall–Kier alpha value is -2.05. The van der Waals surface area contributed by atoms with E-state index in [0.717, 1.165) is 12.8 Å². The molecule has 0 bridgehead atoms. The van der Waals surface area contributed by atoms with Crippen molar-refractivity contribution in [1.29, 1.82) is 0 Å². The molecule has 0 radical (unpaired) electrons. The SMILES string of the molecule is Cn1ccc(NC(=O)N2CCCC(CCC(=O)O)C2)n1. The van der Waals surface area contributed by atoms with Crippen LogP contribution in [0.4, 0.5) is 10.6 Å². The minimum Gasteiger partial charge on any atom is -0.481 e. The van der Waals surface area contributed by atoms with Crippen molar-refractivity contribution >= 4 is 17.8 Å². The predicted octanol–water partition coefficient (Wildman–Crippen LogP) is 1.53. The molecule has 1 saturated heterocycles. The molecule has 0 aliphatic carbocycles. The van der Waals surface area contributed by atoms with Crippen LogP contribution in [0.2, 0.25) is 0 Å². The third-order valence-corrected chi connectivity index (χ3v) is 3.52. The smallest absolute Gasteiger partial charge is 0.323 e. The molecule has 2 heterocycles. The molecule has 7 heteroatoms. The van der Waals surface area contributed by atoms with E-state index in [2.05, 4.69) is 10.4 Å². The molecule has 0 spiro atoms. The minimum absolute atomic E-state index is 0.163. The van der Waals surface area contributed by atoms with Crippen LogP contribution in [0.15, 0.2) is 12.3 Å². The van der Waals surface area contributed by atoms with Crippen LogP contribution in [-0.2, 0) is 11.8 Å². The molecule has 1 fully saturated rings. The lowest BCUT2D eigenvalue weighted by molar-refractivity contribution is -0.137. The first-order valence-electron chi connectivity index (χ1n) is 6.82. The Morgan fingerprint density at radius 3 is 3.00 bits per heavy atom. The maximum absolute atomic E-state index is 12.1. The highest BCUT2D eigenvalue weighted by Crippen LogP contribution is 2.21. The lowest BCUT2D eigenvalue weighted by atomic mass is 9.93. The van der Waals surface area contributed by atoms with Crippen LogP contribution in [0, 0.1) is 5.92 Å². The first-order valence-corrected chi connectivity index (χ1v) is 6.82. The fourth-order valence-corrected chi connectivity index (χ4v) is 2.48. The molecule has 1 aromatic rings. The van der Waals surface area contributed by atoms with Gasteiger partial charge in [-0.15, -0.1) is 0 Å². The Balaban J connectivity index is 1.84. The Labute approximate surface area is 117 Å². The van der Waals surface area contributed by atoms with E-state index in [4.69, 9.17) is 5.11 Å². The van der Waals surface area contributed by atoms with Crippen molar-refractivity contribution in [2.75, 3.05) is 18.4 Å². The summed E-state index contributed by atoms with van der Waals surface area (Å²) in [6, 6.07) is 1.58. The van der Waals surface area contributed by atoms with Gasteiger partial charge in [0.15, 0.2) is 5.82 Å². The van der Waals surface area contributed by atoms with Crippen LogP contribution in [-0.4, -0.2) is 44.9 Å². The van der Waals surface area contributed by atoms with Crippen LogP contribution in [0.1, 0.15) is 25.7 Å². The van der Waals surface area contributed by atoms with Gasteiger partial charge in [-0.25, -0.2) is 4.79 Å². The average Bonchev–Trinajstić information content (AvgIpc) is 2.82. The Morgan fingerprint density at radius 1 is 1.55 bits per heavy atom. The fourth-order valence-electron chi connectivity index (χ4n) is 2.48. The van der Waals surface area contributed by atoms with Gasteiger partial charge in [0, 0.05) is 38.8 Å². The van der Waals surface area contributed by atoms with E-state index in [1.165, 1.54) is 0 Å². The second kappa shape index (κ2) is 6.40. The molecule has 1 aliphatic heterocycles. The van der Waals surface area contributed by atoms with Gasteiger partial charge >= 0.3 is 12.0 Å². The number of anilines is 1. The van der Waals surface area contributed by atoms with Crippen molar-refractivity contribution in [3.8, 4) is 0 Å². The van der Waals surface area contributed by atoms with E-state index in [0.29, 0.717) is 25.3 Å². The first-order chi connectivity index (χ1) is 9.54. The number of carboxylic acid groups (broad SMARTS) is 1. The van der Waals surface area contributed by atoms with Crippen molar-refractivity contribution in [1.82, 2.24) is 14.7 Å². The number of aromatic nitrogens is 2. The maximum atomic E-state index is 12.1. The van der Waals surface area contributed by atoms with Gasteiger partial charge in [0.1, 0.15) is 0 Å². The number of hydrogen-bond donors (Lipinski definition) is 2. The normalized spacial score (nSPS) is 18.9. The summed E-state index contributed by atoms with van der Waals surface area (Å²) in [6.07, 6.45) is 4.46. The van der Waals surface area contributed by atoms with Gasteiger partial charge in [-0.2, -0.15) is 5.10 Å². The van der Waals surface area contributed by atoms with Gasteiger partial charge in [-0.05, 0) is 25.2 Å². The summed E-state index contributed by atoms with van der Waals surface area (Å²) in [5, 5.41) is 15.6. The summed E-state index contributed by atoms with van der Waals surface area (Å²) in [5.74, 6) is 0.0274. The Morgan fingerprint density at radius 2 is 2.35 bits per heavy atom. The van der Waals surface area contributed by atoms with Gasteiger partial charge in [0.2, 0.25) is 0 Å². The molecule has 1 aromatic heterocycles. The number of hydrogen-bond acceptors (Lipinski definition) is 3. The highest BCUT2D eigenvalue weighted by molar-refractivity contribution is 5.88. The second-order valence-corrected chi connectivity index (χ2v) is 5.19. The molecule has 2 amide bonds. The molecule has 2 rings (SSSR count). The standard InChI is InChI=1S/C13H20N4O3/c1-16-8-6-11(15-16)14-13(20)17-7-2-3-10(9-17)4-5-12(18)19/h6,8,10H,2-5,7,9H2,1H3,(H,18,19)(H,14,15,20). The fraction of sp³-hybridized carbons (Fsp3) is 0.615. The molecule has 0 saturated carbocycles. The number of amides is 2. The zero-order chi connectivity index (χ0) is 14.5. The van der Waals surface area contributed by atoms with E-state index in [1.807, 2.05) is 0 Å². The van der Waals surface area contributed by atoms with Gasteiger partial charge in [0.25, 0.3) is 0 Å². The van der Waals surface area contributed by atoms with Gasteiger partial charge < -0.3 is 10.0 Å². The van der Waals surface area contributed by atoms with Crippen LogP contribution >= 0.6 is 0 Å². The summed E-state index contributed by atoms with van der Waals surface area (Å²) < 4.78 is 1.63. The molecule has 0 aromatic carbocycles. The number of nitrogens with zero attached hydrogens (tertiary/aromatic N) is 3. The number of carbonyl (C=O) groups is 2. The molecule has 1 unspecified atom stereocenters. The van der Waals surface area contributed by atoms with E-state index in [9.17, 15) is 9.59 Å². The van der Waals surface area contributed by atoms with Crippen molar-refractivity contribution in [2.24, 2.45) is 13.0 Å². The lowest BCUT2D eigenvalue weighted by Gasteiger charge is -2.32. The van der Waals surface area contributed by atoms with Crippen LogP contribution in [0.3, 0.4) is 0 Å². The third-order valence-electron chi connectivity index (χ3n) is 3.52. The summed E-state index contributed by atoms with van der Waals surface area (Å²) in [4.78, 5) is 24.4. The number of nitrogens with one attached hydrogen (secondary N) is 1. The molecular weight excluding hydrogens is 260 g/mol. The molecular formula is C13H20N4O3. The number of aryl methyl sites for hydroxylation is 1. The second-order valence-electron chi connectivity index (χ2n) is 5.19. The monoisotopic (exact) mass is 280 g/mol. The van der Waals surface area contributed by atoms with E-state index in [-0.39, 0.29) is 18.4 Å². The van der Waals surface area contributed by atoms with Crippen molar-refractivity contribution in [2.45, 2.75) is 25.7 Å². The largest absolute Gasteiger partial charge is 0.481 e. The molecule has 1 aliphatic rings. The molecule has 1 atom stereocenters. The molecule has 20 heavy (non-hydrogen) atoms. The average molecular weight is 280 g/mol. The van der Waals surface area contributed by atoms with Crippen LogP contribution in [0.5, 0.6) is 0 Å². The number of likely N-dealkylation sites (tertiary alicyclic amines) is 1. The maximum Gasteiger partial charge on any atom is 0.323 e. The van der Waals surface area contributed by atoms with Crippen LogP contribution in [0.25, 0.3) is 0 Å². The molecule has 2 N–H and O–H groups in total. The summed E-state index contributed by atoms with van der Waals surface area (Å²) in [6.45, 7) is 1.33. The number of carboxylic acids is 1. The number of aliphatic carboxylic acids is 1. The van der Waals surface area contributed by atoms with Crippen molar-refractivity contribution < 1.29 is 14.7 Å². The quantitative estimate of drug-likeness (QED) is 0.875. The van der Waals surface area contributed by atoms with Gasteiger partial charge in [-0.3, -0.25) is 14.8 Å². The lowest BCUT2D eigenvalue weighted by Crippen LogP contribution is -2.42. The number of carbonyl (C=O) groups excluding carboxylic acids is 1. The van der Waals surface area contributed by atoms with Crippen molar-refractivity contribution in [3.05, 3.63) is 12.3 Å². The molecule has 110 valence electrons. The van der Waals surface area contributed by atoms with Crippen molar-refractivity contribution in [3.63, 3.8) is 0 Å². The highest BCUT2D eigenvalue weighted by Gasteiger charge is 2.24. The number of urea groups is 1. The minimum atomic E-state index is -0.778. The summed E-state index contributed by atoms with van der Waals surface area (Å²) >= 11 is 0. The van der Waals surface area contributed by atoms with E-state index < -0.39 is 5.97 Å². The predicted molar refractivity (Wildman–Crippen MR) is 73.4 cm³/mol. The van der Waals surface area contributed by atoms with Gasteiger partial charge in [-0.1, -0.05) is 0 Å². The highest BCUT2D eigenvalue weighted by atomic mass is 16.4.